The van der Waals surface area contributed by atoms with E-state index in [-0.39, 0.29) is 17.6 Å². The molecule has 1 N–H and O–H groups in total. The average Bonchev–Trinajstić information content (AvgIpc) is 3.10. The second kappa shape index (κ2) is 5.31. The molecule has 0 spiro atoms. The number of benzene rings is 1. The van der Waals surface area contributed by atoms with Crippen LogP contribution in [0.15, 0.2) is 18.2 Å². The van der Waals surface area contributed by atoms with Crippen LogP contribution in [0.4, 0.5) is 10.5 Å². The average molecular weight is 340 g/mol. The maximum Gasteiger partial charge on any atom is 0.411 e. The Hall–Kier alpha value is -0.930. The molecule has 4 rings (SSSR count). The van der Waals surface area contributed by atoms with Gasteiger partial charge < -0.3 is 4.74 Å². The van der Waals surface area contributed by atoms with Gasteiger partial charge in [-0.1, -0.05) is 29.6 Å². The third kappa shape index (κ3) is 2.21. The van der Waals surface area contributed by atoms with Crippen molar-refractivity contribution in [3.05, 3.63) is 28.2 Å². The second-order valence-corrected chi connectivity index (χ2v) is 7.73. The van der Waals surface area contributed by atoms with E-state index in [1.165, 1.54) is 32.1 Å². The van der Waals surface area contributed by atoms with Crippen LogP contribution in [-0.4, -0.2) is 12.2 Å². The predicted molar refractivity (Wildman–Crippen MR) is 87.5 cm³/mol. The summed E-state index contributed by atoms with van der Waals surface area (Å²) in [4.78, 5) is 12.2. The van der Waals surface area contributed by atoms with E-state index in [9.17, 15) is 4.79 Å². The lowest BCUT2D eigenvalue weighted by Gasteiger charge is -2.33. The molecule has 3 saturated carbocycles. The quantitative estimate of drug-likeness (QED) is 0.771. The maximum absolute atomic E-state index is 12.2. The molecule has 2 bridgehead atoms. The van der Waals surface area contributed by atoms with Crippen molar-refractivity contribution in [3.63, 3.8) is 0 Å². The highest BCUT2D eigenvalue weighted by Crippen LogP contribution is 2.66. The highest BCUT2D eigenvalue weighted by molar-refractivity contribution is 6.42. The van der Waals surface area contributed by atoms with Gasteiger partial charge in [0.25, 0.3) is 0 Å². The molecule has 3 aliphatic carbocycles. The molecule has 0 heterocycles. The van der Waals surface area contributed by atoms with Crippen LogP contribution in [0, 0.1) is 17.3 Å². The molecule has 3 nitrogen and oxygen atoms in total. The zero-order valence-electron chi connectivity index (χ0n) is 12.3. The van der Waals surface area contributed by atoms with E-state index in [1.54, 1.807) is 18.2 Å². The van der Waals surface area contributed by atoms with E-state index in [4.69, 9.17) is 27.9 Å². The summed E-state index contributed by atoms with van der Waals surface area (Å²) >= 11 is 11.8. The molecular weight excluding hydrogens is 321 g/mol. The summed E-state index contributed by atoms with van der Waals surface area (Å²) in [5.41, 5.74) is 0.891. The molecule has 0 radical (unpaired) electrons. The molecular formula is C17H19Cl2NO2. The third-order valence-corrected chi connectivity index (χ3v) is 6.76. The fourth-order valence-corrected chi connectivity index (χ4v) is 5.46. The van der Waals surface area contributed by atoms with Crippen molar-refractivity contribution in [3.8, 4) is 0 Å². The lowest BCUT2D eigenvalue weighted by atomic mass is 9.78. The van der Waals surface area contributed by atoms with Crippen molar-refractivity contribution in [1.82, 2.24) is 0 Å². The Labute approximate surface area is 140 Å². The summed E-state index contributed by atoms with van der Waals surface area (Å²) in [5.74, 6) is 1.56. The van der Waals surface area contributed by atoms with Crippen LogP contribution in [0.5, 0.6) is 0 Å². The Balaban J connectivity index is 1.43. The second-order valence-electron chi connectivity index (χ2n) is 6.91. The van der Waals surface area contributed by atoms with Crippen molar-refractivity contribution < 1.29 is 9.53 Å². The normalized spacial score (nSPS) is 35.5. The Morgan fingerprint density at radius 2 is 2.09 bits per heavy atom. The lowest BCUT2D eigenvalue weighted by Crippen LogP contribution is -2.36. The van der Waals surface area contributed by atoms with Crippen LogP contribution in [0.2, 0.25) is 10.0 Å². The maximum atomic E-state index is 12.2. The standard InChI is InChI=1S/C17H19Cl2NO2/c18-13-4-3-11(9-14(13)19)20-16(21)22-15-8-10-5-7-17(15)6-1-2-12(10)17/h3-4,9-10,12,15H,1-2,5-8H2,(H,20,21)/t10-,12-,15+,17+/m0/s1. The van der Waals surface area contributed by atoms with E-state index < -0.39 is 0 Å². The Morgan fingerprint density at radius 3 is 2.91 bits per heavy atom. The molecule has 0 saturated heterocycles. The number of halogens is 2. The molecule has 4 atom stereocenters. The van der Waals surface area contributed by atoms with Crippen LogP contribution < -0.4 is 5.32 Å². The van der Waals surface area contributed by atoms with Crippen LogP contribution in [0.3, 0.4) is 0 Å². The van der Waals surface area contributed by atoms with Gasteiger partial charge in [0.2, 0.25) is 0 Å². The largest absolute Gasteiger partial charge is 0.445 e. The molecule has 1 amide bonds. The van der Waals surface area contributed by atoms with E-state index >= 15 is 0 Å². The molecule has 1 aromatic carbocycles. The van der Waals surface area contributed by atoms with E-state index in [0.29, 0.717) is 15.7 Å². The van der Waals surface area contributed by atoms with E-state index in [0.717, 1.165) is 18.3 Å². The molecule has 22 heavy (non-hydrogen) atoms. The zero-order chi connectivity index (χ0) is 15.3. The zero-order valence-corrected chi connectivity index (χ0v) is 13.8. The van der Waals surface area contributed by atoms with Gasteiger partial charge in [-0.3, -0.25) is 5.32 Å². The van der Waals surface area contributed by atoms with Gasteiger partial charge in [0.1, 0.15) is 6.10 Å². The molecule has 3 aliphatic rings. The van der Waals surface area contributed by atoms with Gasteiger partial charge in [-0.05, 0) is 62.1 Å². The van der Waals surface area contributed by atoms with Gasteiger partial charge >= 0.3 is 6.09 Å². The number of hydrogen-bond donors (Lipinski definition) is 1. The molecule has 3 fully saturated rings. The monoisotopic (exact) mass is 339 g/mol. The van der Waals surface area contributed by atoms with Gasteiger partial charge in [-0.2, -0.15) is 0 Å². The highest BCUT2D eigenvalue weighted by atomic mass is 35.5. The van der Waals surface area contributed by atoms with Crippen molar-refractivity contribution in [2.45, 2.75) is 44.6 Å². The predicted octanol–water partition coefficient (Wildman–Crippen LogP) is 5.51. The van der Waals surface area contributed by atoms with Crippen molar-refractivity contribution in [2.24, 2.45) is 17.3 Å². The first-order valence-electron chi connectivity index (χ1n) is 8.01. The van der Waals surface area contributed by atoms with Crippen molar-refractivity contribution >= 4 is 35.0 Å². The van der Waals surface area contributed by atoms with Crippen molar-refractivity contribution in [1.29, 1.82) is 0 Å². The fourth-order valence-electron chi connectivity index (χ4n) is 5.16. The minimum Gasteiger partial charge on any atom is -0.445 e. The summed E-state index contributed by atoms with van der Waals surface area (Å²) in [6.07, 6.45) is 7.12. The van der Waals surface area contributed by atoms with Crippen LogP contribution in [0.1, 0.15) is 38.5 Å². The lowest BCUT2D eigenvalue weighted by molar-refractivity contribution is 0.0173. The summed E-state index contributed by atoms with van der Waals surface area (Å²) in [5, 5.41) is 3.67. The third-order valence-electron chi connectivity index (χ3n) is 6.02. The smallest absolute Gasteiger partial charge is 0.411 e. The Bertz CT molecular complexity index is 617. The Kier molecular flexibility index (Phi) is 3.54. The first-order valence-corrected chi connectivity index (χ1v) is 8.77. The van der Waals surface area contributed by atoms with Crippen LogP contribution in [0.25, 0.3) is 0 Å². The molecule has 118 valence electrons. The SMILES string of the molecule is O=C(Nc1ccc(Cl)c(Cl)c1)O[C@@H]1C[C@@H]2CC[C@@]13CCC[C@@H]23. The highest BCUT2D eigenvalue weighted by Gasteiger charge is 2.62. The van der Waals surface area contributed by atoms with Crippen molar-refractivity contribution in [2.75, 3.05) is 5.32 Å². The van der Waals surface area contributed by atoms with E-state index in [1.807, 2.05) is 0 Å². The van der Waals surface area contributed by atoms with Gasteiger partial charge in [0.05, 0.1) is 10.0 Å². The van der Waals surface area contributed by atoms with Crippen LogP contribution in [-0.2, 0) is 4.74 Å². The molecule has 1 aromatic rings. The number of rotatable bonds is 2. The topological polar surface area (TPSA) is 38.3 Å². The first kappa shape index (κ1) is 14.6. The Morgan fingerprint density at radius 1 is 1.23 bits per heavy atom. The number of amides is 1. The number of nitrogens with one attached hydrogen (secondary N) is 1. The number of carbonyl (C=O) groups is 1. The fraction of sp³-hybridized carbons (Fsp3) is 0.588. The number of carbonyl (C=O) groups excluding carboxylic acids is 1. The molecule has 5 heteroatoms. The van der Waals surface area contributed by atoms with Gasteiger partial charge in [0, 0.05) is 11.1 Å². The van der Waals surface area contributed by atoms with Crippen LogP contribution >= 0.6 is 23.2 Å². The number of hydrogen-bond acceptors (Lipinski definition) is 2. The van der Waals surface area contributed by atoms with E-state index in [2.05, 4.69) is 5.32 Å². The summed E-state index contributed by atoms with van der Waals surface area (Å²) in [6, 6.07) is 5.04. The number of anilines is 1. The minimum absolute atomic E-state index is 0.0847. The molecule has 0 unspecified atom stereocenters. The number of ether oxygens (including phenoxy) is 1. The minimum atomic E-state index is -0.379. The van der Waals surface area contributed by atoms with Gasteiger partial charge in [0.15, 0.2) is 0 Å². The first-order chi connectivity index (χ1) is 10.6. The molecule has 0 aromatic heterocycles. The summed E-state index contributed by atoms with van der Waals surface area (Å²) < 4.78 is 5.80. The summed E-state index contributed by atoms with van der Waals surface area (Å²) in [7, 11) is 0. The van der Waals surface area contributed by atoms with Gasteiger partial charge in [-0.15, -0.1) is 0 Å². The summed E-state index contributed by atoms with van der Waals surface area (Å²) in [6.45, 7) is 0. The van der Waals surface area contributed by atoms with Gasteiger partial charge in [-0.25, -0.2) is 4.79 Å². The molecule has 0 aliphatic heterocycles.